The van der Waals surface area contributed by atoms with Crippen molar-refractivity contribution in [1.29, 1.82) is 5.26 Å². The summed E-state index contributed by atoms with van der Waals surface area (Å²) in [4.78, 5) is 12.1. The molecular formula is C19H18FN3O2. The highest BCUT2D eigenvalue weighted by Gasteiger charge is 2.09. The van der Waals surface area contributed by atoms with Gasteiger partial charge in [-0.15, -0.1) is 0 Å². The van der Waals surface area contributed by atoms with E-state index in [0.717, 1.165) is 0 Å². The number of benzene rings is 2. The van der Waals surface area contributed by atoms with Crippen molar-refractivity contribution in [2.45, 2.75) is 13.5 Å². The van der Waals surface area contributed by atoms with Gasteiger partial charge >= 0.3 is 0 Å². The zero-order valence-electron chi connectivity index (χ0n) is 13.8. The Bertz CT molecular complexity index is 795. The lowest BCUT2D eigenvalue weighted by atomic mass is 10.2. The van der Waals surface area contributed by atoms with Crippen LogP contribution in [0.5, 0.6) is 5.75 Å². The summed E-state index contributed by atoms with van der Waals surface area (Å²) in [5, 5.41) is 14.6. The number of nitriles is 1. The standard InChI is InChI=1S/C19H18FN3O2/c1-2-25-18-8-6-17(7-9-18)23-19(24)15(11-21)13-22-12-14-4-3-5-16(20)10-14/h3-10,13,22H,2,12H2,1H3,(H,23,24)/b15-13-. The van der Waals surface area contributed by atoms with E-state index >= 15 is 0 Å². The second-order valence-electron chi connectivity index (χ2n) is 5.09. The molecule has 2 aromatic rings. The normalized spacial score (nSPS) is 10.7. The largest absolute Gasteiger partial charge is 0.494 e. The van der Waals surface area contributed by atoms with Crippen LogP contribution in [0.15, 0.2) is 60.3 Å². The lowest BCUT2D eigenvalue weighted by Gasteiger charge is -2.07. The molecule has 0 saturated heterocycles. The van der Waals surface area contributed by atoms with E-state index in [9.17, 15) is 9.18 Å². The molecule has 2 N–H and O–H groups in total. The molecule has 25 heavy (non-hydrogen) atoms. The van der Waals surface area contributed by atoms with E-state index < -0.39 is 5.91 Å². The number of hydrogen-bond acceptors (Lipinski definition) is 4. The minimum Gasteiger partial charge on any atom is -0.494 e. The van der Waals surface area contributed by atoms with Crippen LogP contribution in [-0.4, -0.2) is 12.5 Å². The molecule has 6 heteroatoms. The third-order valence-corrected chi connectivity index (χ3v) is 3.23. The molecular weight excluding hydrogens is 321 g/mol. The van der Waals surface area contributed by atoms with Gasteiger partial charge < -0.3 is 15.4 Å². The molecule has 0 aliphatic heterocycles. The highest BCUT2D eigenvalue weighted by molar-refractivity contribution is 6.06. The number of hydrogen-bond donors (Lipinski definition) is 2. The second kappa shape index (κ2) is 9.08. The minimum absolute atomic E-state index is 0.0784. The third-order valence-electron chi connectivity index (χ3n) is 3.23. The van der Waals surface area contributed by atoms with Crippen LogP contribution in [0.2, 0.25) is 0 Å². The third kappa shape index (κ3) is 5.66. The van der Waals surface area contributed by atoms with E-state index in [0.29, 0.717) is 30.2 Å². The minimum atomic E-state index is -0.529. The fourth-order valence-corrected chi connectivity index (χ4v) is 2.07. The molecule has 0 heterocycles. The van der Waals surface area contributed by atoms with Crippen molar-refractivity contribution in [2.24, 2.45) is 0 Å². The second-order valence-corrected chi connectivity index (χ2v) is 5.09. The highest BCUT2D eigenvalue weighted by atomic mass is 19.1. The number of nitrogens with one attached hydrogen (secondary N) is 2. The topological polar surface area (TPSA) is 74.1 Å². The van der Waals surface area contributed by atoms with Crippen LogP contribution < -0.4 is 15.4 Å². The lowest BCUT2D eigenvalue weighted by Crippen LogP contribution is -2.16. The van der Waals surface area contributed by atoms with Gasteiger partial charge in [0.05, 0.1) is 6.61 Å². The van der Waals surface area contributed by atoms with Gasteiger partial charge in [0.15, 0.2) is 0 Å². The quantitative estimate of drug-likeness (QED) is 0.599. The smallest absolute Gasteiger partial charge is 0.267 e. The molecule has 0 spiro atoms. The summed E-state index contributed by atoms with van der Waals surface area (Å²) in [6.07, 6.45) is 1.31. The van der Waals surface area contributed by atoms with Crippen molar-refractivity contribution in [3.05, 3.63) is 71.7 Å². The first-order chi connectivity index (χ1) is 12.1. The SMILES string of the molecule is CCOc1ccc(NC(=O)/C(C#N)=C\NCc2cccc(F)c2)cc1. The summed E-state index contributed by atoms with van der Waals surface area (Å²) in [7, 11) is 0. The van der Waals surface area contributed by atoms with Crippen LogP contribution in [-0.2, 0) is 11.3 Å². The van der Waals surface area contributed by atoms with E-state index in [4.69, 9.17) is 10.00 Å². The van der Waals surface area contributed by atoms with E-state index in [1.54, 1.807) is 36.4 Å². The first kappa shape index (κ1) is 18.0. The maximum absolute atomic E-state index is 13.1. The van der Waals surface area contributed by atoms with Crippen LogP contribution in [0.1, 0.15) is 12.5 Å². The molecule has 128 valence electrons. The van der Waals surface area contributed by atoms with E-state index in [1.165, 1.54) is 18.3 Å². The van der Waals surface area contributed by atoms with Gasteiger partial charge in [-0.1, -0.05) is 12.1 Å². The molecule has 0 radical (unpaired) electrons. The van der Waals surface area contributed by atoms with Crippen molar-refractivity contribution in [1.82, 2.24) is 5.32 Å². The molecule has 1 amide bonds. The fourth-order valence-electron chi connectivity index (χ4n) is 2.07. The van der Waals surface area contributed by atoms with Gasteiger partial charge in [-0.05, 0) is 48.9 Å². The number of halogens is 1. The maximum Gasteiger partial charge on any atom is 0.267 e. The Morgan fingerprint density at radius 1 is 1.28 bits per heavy atom. The van der Waals surface area contributed by atoms with Crippen molar-refractivity contribution in [2.75, 3.05) is 11.9 Å². The van der Waals surface area contributed by atoms with Gasteiger partial charge in [-0.2, -0.15) is 5.26 Å². The van der Waals surface area contributed by atoms with Crippen molar-refractivity contribution in [3.8, 4) is 11.8 Å². The average molecular weight is 339 g/mol. The van der Waals surface area contributed by atoms with E-state index in [1.807, 2.05) is 13.0 Å². The predicted molar refractivity (Wildman–Crippen MR) is 93.2 cm³/mol. The Labute approximate surface area is 145 Å². The number of amides is 1. The zero-order valence-corrected chi connectivity index (χ0v) is 13.8. The Hall–Kier alpha value is -3.33. The van der Waals surface area contributed by atoms with E-state index in [2.05, 4.69) is 10.6 Å². The number of carbonyl (C=O) groups is 1. The molecule has 2 aromatic carbocycles. The summed E-state index contributed by atoms with van der Waals surface area (Å²) in [6.45, 7) is 2.75. The summed E-state index contributed by atoms with van der Waals surface area (Å²) in [6, 6.07) is 14.8. The molecule has 0 unspecified atom stereocenters. The summed E-state index contributed by atoms with van der Waals surface area (Å²) in [5.41, 5.74) is 1.19. The van der Waals surface area contributed by atoms with Crippen molar-refractivity contribution >= 4 is 11.6 Å². The highest BCUT2D eigenvalue weighted by Crippen LogP contribution is 2.16. The Morgan fingerprint density at radius 3 is 2.68 bits per heavy atom. The number of ether oxygens (including phenoxy) is 1. The molecule has 0 fully saturated rings. The fraction of sp³-hybridized carbons (Fsp3) is 0.158. The Kier molecular flexibility index (Phi) is 6.55. The summed E-state index contributed by atoms with van der Waals surface area (Å²) < 4.78 is 18.4. The van der Waals surface area contributed by atoms with Crippen molar-refractivity contribution < 1.29 is 13.9 Å². The first-order valence-corrected chi connectivity index (χ1v) is 7.74. The molecule has 0 atom stereocenters. The molecule has 0 bridgehead atoms. The average Bonchev–Trinajstić information content (AvgIpc) is 2.60. The predicted octanol–water partition coefficient (Wildman–Crippen LogP) is 3.36. The van der Waals surface area contributed by atoms with Gasteiger partial charge in [0, 0.05) is 18.4 Å². The molecule has 5 nitrogen and oxygen atoms in total. The van der Waals surface area contributed by atoms with Gasteiger partial charge in [0.1, 0.15) is 23.2 Å². The monoisotopic (exact) mass is 339 g/mol. The van der Waals surface area contributed by atoms with Gasteiger partial charge in [-0.25, -0.2) is 4.39 Å². The van der Waals surface area contributed by atoms with Crippen LogP contribution in [0, 0.1) is 17.1 Å². The summed E-state index contributed by atoms with van der Waals surface area (Å²) >= 11 is 0. The number of nitrogens with zero attached hydrogens (tertiary/aromatic N) is 1. The molecule has 0 aromatic heterocycles. The van der Waals surface area contributed by atoms with E-state index in [-0.39, 0.29) is 11.4 Å². The Morgan fingerprint density at radius 2 is 2.04 bits per heavy atom. The maximum atomic E-state index is 13.1. The number of anilines is 1. The van der Waals surface area contributed by atoms with Crippen LogP contribution in [0.3, 0.4) is 0 Å². The van der Waals surface area contributed by atoms with Gasteiger partial charge in [-0.3, -0.25) is 4.79 Å². The number of rotatable bonds is 7. The van der Waals surface area contributed by atoms with Crippen LogP contribution in [0.25, 0.3) is 0 Å². The van der Waals surface area contributed by atoms with Gasteiger partial charge in [0.25, 0.3) is 5.91 Å². The Balaban J connectivity index is 1.94. The first-order valence-electron chi connectivity index (χ1n) is 7.74. The molecule has 2 rings (SSSR count). The zero-order chi connectivity index (χ0) is 18.1. The van der Waals surface area contributed by atoms with Gasteiger partial charge in [0.2, 0.25) is 0 Å². The molecule has 0 saturated carbocycles. The van der Waals surface area contributed by atoms with Crippen LogP contribution in [0.4, 0.5) is 10.1 Å². The number of carbonyl (C=O) groups excluding carboxylic acids is 1. The molecule has 0 aliphatic carbocycles. The molecule has 0 aliphatic rings. The lowest BCUT2D eigenvalue weighted by molar-refractivity contribution is -0.112. The summed E-state index contributed by atoms with van der Waals surface area (Å²) in [5.74, 6) is -0.163. The van der Waals surface area contributed by atoms with Crippen molar-refractivity contribution in [3.63, 3.8) is 0 Å². The van der Waals surface area contributed by atoms with Crippen LogP contribution >= 0.6 is 0 Å².